The third kappa shape index (κ3) is 3.33. The Morgan fingerprint density at radius 3 is 2.60 bits per heavy atom. The number of aryl methyl sites for hydroxylation is 2. The molecule has 0 atom stereocenters. The molecule has 2 rings (SSSR count). The Balaban J connectivity index is 2.16. The number of nitrogen functional groups attached to an aromatic ring is 1. The Hall–Kier alpha value is -1.51. The van der Waals surface area contributed by atoms with Crippen LogP contribution in [0, 0.1) is 0 Å². The number of hydrogen-bond donors (Lipinski definition) is 1. The minimum Gasteiger partial charge on any atom is -0.397 e. The summed E-state index contributed by atoms with van der Waals surface area (Å²) < 4.78 is 2.38. The highest BCUT2D eigenvalue weighted by molar-refractivity contribution is 5.87. The minimum absolute atomic E-state index is 0.796. The molecule has 0 saturated carbocycles. The van der Waals surface area contributed by atoms with E-state index >= 15 is 0 Å². The highest BCUT2D eigenvalue weighted by Gasteiger charge is 2.11. The molecule has 3 nitrogen and oxygen atoms in total. The molecule has 1 heterocycles. The van der Waals surface area contributed by atoms with Crippen molar-refractivity contribution in [1.82, 2.24) is 9.55 Å². The highest BCUT2D eigenvalue weighted by Crippen LogP contribution is 2.23. The van der Waals surface area contributed by atoms with Crippen LogP contribution in [0.3, 0.4) is 0 Å². The van der Waals surface area contributed by atoms with Gasteiger partial charge in [-0.2, -0.15) is 0 Å². The van der Waals surface area contributed by atoms with E-state index in [1.807, 2.05) is 12.1 Å². The van der Waals surface area contributed by atoms with Gasteiger partial charge < -0.3 is 10.3 Å². The fourth-order valence-electron chi connectivity index (χ4n) is 2.75. The van der Waals surface area contributed by atoms with Crippen molar-refractivity contribution >= 4 is 16.7 Å². The second-order valence-electron chi connectivity index (χ2n) is 5.56. The molecule has 1 aromatic heterocycles. The van der Waals surface area contributed by atoms with Crippen LogP contribution in [-0.4, -0.2) is 9.55 Å². The lowest BCUT2D eigenvalue weighted by atomic mass is 10.1. The number of anilines is 1. The van der Waals surface area contributed by atoms with E-state index in [4.69, 9.17) is 10.7 Å². The summed E-state index contributed by atoms with van der Waals surface area (Å²) >= 11 is 0. The fraction of sp³-hybridized carbons (Fsp3) is 0.588. The average Bonchev–Trinajstić information content (AvgIpc) is 2.79. The van der Waals surface area contributed by atoms with E-state index in [-0.39, 0.29) is 0 Å². The van der Waals surface area contributed by atoms with Gasteiger partial charge in [-0.25, -0.2) is 4.98 Å². The van der Waals surface area contributed by atoms with Crippen LogP contribution in [0.15, 0.2) is 18.2 Å². The van der Waals surface area contributed by atoms with E-state index in [1.54, 1.807) is 0 Å². The largest absolute Gasteiger partial charge is 0.397 e. The predicted octanol–water partition coefficient (Wildman–Crippen LogP) is 4.54. The van der Waals surface area contributed by atoms with Crippen LogP contribution in [0.1, 0.15) is 58.2 Å². The molecular formula is C17H27N3. The molecule has 0 aliphatic rings. The number of para-hydroxylation sites is 1. The van der Waals surface area contributed by atoms with Crippen molar-refractivity contribution in [2.24, 2.45) is 0 Å². The van der Waals surface area contributed by atoms with Crippen molar-refractivity contribution in [3.8, 4) is 0 Å². The van der Waals surface area contributed by atoms with Gasteiger partial charge in [0.2, 0.25) is 0 Å². The van der Waals surface area contributed by atoms with Crippen molar-refractivity contribution in [1.29, 1.82) is 0 Å². The molecule has 0 amide bonds. The molecule has 2 N–H and O–H groups in total. The lowest BCUT2D eigenvalue weighted by molar-refractivity contribution is 0.560. The number of hydrogen-bond acceptors (Lipinski definition) is 2. The topological polar surface area (TPSA) is 43.8 Å². The maximum absolute atomic E-state index is 6.05. The summed E-state index contributed by atoms with van der Waals surface area (Å²) in [6.07, 6.45) is 8.68. The minimum atomic E-state index is 0.796. The summed E-state index contributed by atoms with van der Waals surface area (Å²) in [4.78, 5) is 4.75. The number of unbranched alkanes of at least 4 members (excludes halogenated alkanes) is 4. The molecule has 110 valence electrons. The molecule has 0 bridgehead atoms. The predicted molar refractivity (Wildman–Crippen MR) is 86.9 cm³/mol. The third-order valence-corrected chi connectivity index (χ3v) is 3.85. The number of rotatable bonds is 8. The molecule has 20 heavy (non-hydrogen) atoms. The molecule has 2 aromatic rings. The molecule has 0 aliphatic heterocycles. The van der Waals surface area contributed by atoms with Gasteiger partial charge in [0, 0.05) is 13.0 Å². The van der Waals surface area contributed by atoms with Gasteiger partial charge in [0.1, 0.15) is 11.3 Å². The molecule has 1 aromatic carbocycles. The normalized spacial score (nSPS) is 11.3. The second-order valence-corrected chi connectivity index (χ2v) is 5.56. The van der Waals surface area contributed by atoms with E-state index < -0.39 is 0 Å². The number of benzene rings is 1. The van der Waals surface area contributed by atoms with Gasteiger partial charge in [-0.15, -0.1) is 0 Å². The van der Waals surface area contributed by atoms with Crippen LogP contribution < -0.4 is 5.73 Å². The Bertz CT molecular complexity index is 542. The molecule has 0 radical (unpaired) electrons. The SMILES string of the molecule is CCCCCCCn1c(CCC)nc2c(N)cccc21. The van der Waals surface area contributed by atoms with Crippen molar-refractivity contribution in [2.45, 2.75) is 65.3 Å². The fourth-order valence-corrected chi connectivity index (χ4v) is 2.75. The first-order valence-corrected chi connectivity index (χ1v) is 8.01. The van der Waals surface area contributed by atoms with Gasteiger partial charge in [0.15, 0.2) is 0 Å². The van der Waals surface area contributed by atoms with Crippen LogP contribution in [0.2, 0.25) is 0 Å². The summed E-state index contributed by atoms with van der Waals surface area (Å²) in [5.41, 5.74) is 9.02. The van der Waals surface area contributed by atoms with Crippen LogP contribution in [0.25, 0.3) is 11.0 Å². The summed E-state index contributed by atoms with van der Waals surface area (Å²) in [6.45, 7) is 5.53. The van der Waals surface area contributed by atoms with E-state index in [9.17, 15) is 0 Å². The Morgan fingerprint density at radius 1 is 1.05 bits per heavy atom. The molecule has 0 spiro atoms. The smallest absolute Gasteiger partial charge is 0.112 e. The van der Waals surface area contributed by atoms with Gasteiger partial charge in [-0.05, 0) is 25.0 Å². The Kier molecular flexibility index (Phi) is 5.45. The standard InChI is InChI=1S/C17H27N3/c1-3-5-6-7-8-13-20-15-12-9-11-14(18)17(15)19-16(20)10-4-2/h9,11-12H,3-8,10,13,18H2,1-2H3. The molecule has 0 fully saturated rings. The van der Waals surface area contributed by atoms with E-state index in [2.05, 4.69) is 24.5 Å². The van der Waals surface area contributed by atoms with E-state index in [1.165, 1.54) is 43.4 Å². The molecule has 0 aliphatic carbocycles. The van der Waals surface area contributed by atoms with E-state index in [0.717, 1.165) is 30.6 Å². The number of imidazole rings is 1. The zero-order valence-electron chi connectivity index (χ0n) is 12.9. The van der Waals surface area contributed by atoms with Gasteiger partial charge in [0.05, 0.1) is 11.2 Å². The number of aromatic nitrogens is 2. The van der Waals surface area contributed by atoms with Crippen molar-refractivity contribution in [3.63, 3.8) is 0 Å². The van der Waals surface area contributed by atoms with Crippen LogP contribution >= 0.6 is 0 Å². The molecule has 0 saturated heterocycles. The molecular weight excluding hydrogens is 246 g/mol. The van der Waals surface area contributed by atoms with Crippen LogP contribution in [-0.2, 0) is 13.0 Å². The lowest BCUT2D eigenvalue weighted by Crippen LogP contribution is -2.04. The summed E-state index contributed by atoms with van der Waals surface area (Å²) in [5.74, 6) is 1.19. The quantitative estimate of drug-likeness (QED) is 0.567. The number of nitrogens with zero attached hydrogens (tertiary/aromatic N) is 2. The number of nitrogens with two attached hydrogens (primary N) is 1. The number of fused-ring (bicyclic) bond motifs is 1. The van der Waals surface area contributed by atoms with Crippen LogP contribution in [0.4, 0.5) is 5.69 Å². The van der Waals surface area contributed by atoms with Gasteiger partial charge in [-0.3, -0.25) is 0 Å². The summed E-state index contributed by atoms with van der Waals surface area (Å²) in [5, 5.41) is 0. The first-order valence-electron chi connectivity index (χ1n) is 8.01. The Morgan fingerprint density at radius 2 is 1.85 bits per heavy atom. The third-order valence-electron chi connectivity index (χ3n) is 3.85. The van der Waals surface area contributed by atoms with Gasteiger partial charge in [0.25, 0.3) is 0 Å². The molecule has 3 heteroatoms. The lowest BCUT2D eigenvalue weighted by Gasteiger charge is -2.08. The first kappa shape index (κ1) is 14.9. The summed E-state index contributed by atoms with van der Waals surface area (Å²) in [7, 11) is 0. The monoisotopic (exact) mass is 273 g/mol. The van der Waals surface area contributed by atoms with Crippen molar-refractivity contribution < 1.29 is 0 Å². The average molecular weight is 273 g/mol. The second kappa shape index (κ2) is 7.32. The zero-order chi connectivity index (χ0) is 14.4. The van der Waals surface area contributed by atoms with Gasteiger partial charge in [-0.1, -0.05) is 45.6 Å². The Labute approximate surface area is 122 Å². The van der Waals surface area contributed by atoms with Crippen molar-refractivity contribution in [2.75, 3.05) is 5.73 Å². The first-order chi connectivity index (χ1) is 9.77. The maximum atomic E-state index is 6.05. The van der Waals surface area contributed by atoms with Gasteiger partial charge >= 0.3 is 0 Å². The zero-order valence-corrected chi connectivity index (χ0v) is 12.9. The molecule has 0 unspecified atom stereocenters. The van der Waals surface area contributed by atoms with E-state index in [0.29, 0.717) is 0 Å². The summed E-state index contributed by atoms with van der Waals surface area (Å²) in [6, 6.07) is 6.11. The maximum Gasteiger partial charge on any atom is 0.112 e. The highest BCUT2D eigenvalue weighted by atomic mass is 15.1. The van der Waals surface area contributed by atoms with Crippen LogP contribution in [0.5, 0.6) is 0 Å². The van der Waals surface area contributed by atoms with Crippen molar-refractivity contribution in [3.05, 3.63) is 24.0 Å².